The number of anilines is 2. The smallest absolute Gasteiger partial charge is 0.307 e. The van der Waals surface area contributed by atoms with Gasteiger partial charge in [-0.1, -0.05) is 12.2 Å². The van der Waals surface area contributed by atoms with E-state index in [2.05, 4.69) is 10.6 Å². The molecule has 0 radical (unpaired) electrons. The van der Waals surface area contributed by atoms with Gasteiger partial charge in [-0.15, -0.1) is 0 Å². The molecule has 0 saturated heterocycles. The van der Waals surface area contributed by atoms with E-state index in [1.54, 1.807) is 0 Å². The van der Waals surface area contributed by atoms with Crippen LogP contribution >= 0.6 is 0 Å². The molecular weight excluding hydrogens is 315 g/mol. The van der Waals surface area contributed by atoms with Crippen LogP contribution in [0.3, 0.4) is 0 Å². The van der Waals surface area contributed by atoms with Crippen molar-refractivity contribution in [3.63, 3.8) is 0 Å². The molecule has 0 aromatic heterocycles. The fourth-order valence-corrected chi connectivity index (χ4v) is 3.63. The highest BCUT2D eigenvalue weighted by Crippen LogP contribution is 2.48. The summed E-state index contributed by atoms with van der Waals surface area (Å²) in [5.41, 5.74) is 0.268. The molecule has 4 atom stereocenters. The predicted octanol–water partition coefficient (Wildman–Crippen LogP) is 2.25. The summed E-state index contributed by atoms with van der Waals surface area (Å²) < 4.78 is 13.9. The Morgan fingerprint density at radius 1 is 1.12 bits per heavy atom. The minimum Gasteiger partial charge on any atom is -0.481 e. The van der Waals surface area contributed by atoms with Gasteiger partial charge >= 0.3 is 5.97 Å². The van der Waals surface area contributed by atoms with Gasteiger partial charge in [0.05, 0.1) is 17.5 Å². The van der Waals surface area contributed by atoms with E-state index in [0.29, 0.717) is 12.1 Å². The number of amides is 2. The van der Waals surface area contributed by atoms with E-state index in [1.165, 1.54) is 19.1 Å². The van der Waals surface area contributed by atoms with Crippen molar-refractivity contribution in [1.82, 2.24) is 0 Å². The largest absolute Gasteiger partial charge is 0.481 e. The fraction of sp³-hybridized carbons (Fsp3) is 0.353. The van der Waals surface area contributed by atoms with Crippen LogP contribution in [-0.2, 0) is 14.4 Å². The van der Waals surface area contributed by atoms with Gasteiger partial charge in [-0.25, -0.2) is 4.39 Å². The first kappa shape index (κ1) is 16.2. The molecule has 0 heterocycles. The van der Waals surface area contributed by atoms with Gasteiger partial charge in [-0.05, 0) is 36.5 Å². The normalized spacial score (nSPS) is 27.1. The van der Waals surface area contributed by atoms with Gasteiger partial charge < -0.3 is 15.7 Å². The lowest BCUT2D eigenvalue weighted by Crippen LogP contribution is -2.36. The van der Waals surface area contributed by atoms with E-state index in [9.17, 15) is 23.9 Å². The number of aliphatic carboxylic acids is 1. The number of halogens is 1. The quantitative estimate of drug-likeness (QED) is 0.737. The van der Waals surface area contributed by atoms with Crippen molar-refractivity contribution in [3.05, 3.63) is 36.2 Å². The summed E-state index contributed by atoms with van der Waals surface area (Å²) in [7, 11) is 0. The Hall–Kier alpha value is -2.70. The van der Waals surface area contributed by atoms with Crippen LogP contribution in [0, 0.1) is 29.5 Å². The van der Waals surface area contributed by atoms with Crippen molar-refractivity contribution >= 4 is 29.2 Å². The number of nitrogens with one attached hydrogen (secondary N) is 2. The highest BCUT2D eigenvalue weighted by atomic mass is 19.1. The molecule has 1 fully saturated rings. The zero-order valence-electron chi connectivity index (χ0n) is 13.0. The number of allylic oxidation sites excluding steroid dienone is 2. The van der Waals surface area contributed by atoms with Gasteiger partial charge in [0.1, 0.15) is 5.82 Å². The van der Waals surface area contributed by atoms with E-state index < -0.39 is 29.5 Å². The van der Waals surface area contributed by atoms with Gasteiger partial charge in [0, 0.05) is 12.6 Å². The molecule has 0 aliphatic heterocycles. The van der Waals surface area contributed by atoms with E-state index in [4.69, 9.17) is 0 Å². The number of hydrogen-bond acceptors (Lipinski definition) is 3. The Bertz CT molecular complexity index is 746. The van der Waals surface area contributed by atoms with Crippen molar-refractivity contribution in [2.24, 2.45) is 23.7 Å². The lowest BCUT2D eigenvalue weighted by atomic mass is 9.82. The van der Waals surface area contributed by atoms with Gasteiger partial charge in [0.2, 0.25) is 11.8 Å². The molecule has 7 heteroatoms. The molecule has 2 bridgehead atoms. The maximum atomic E-state index is 13.9. The molecule has 126 valence electrons. The third-order valence-electron chi connectivity index (χ3n) is 4.59. The molecule has 1 aromatic rings. The number of carboxylic acid groups (broad SMARTS) is 1. The Morgan fingerprint density at radius 3 is 2.42 bits per heavy atom. The molecular formula is C17H17FN2O4. The minimum atomic E-state index is -1.01. The van der Waals surface area contributed by atoms with Gasteiger partial charge in [-0.2, -0.15) is 0 Å². The second-order valence-corrected chi connectivity index (χ2v) is 6.20. The molecule has 1 saturated carbocycles. The van der Waals surface area contributed by atoms with Crippen molar-refractivity contribution in [2.75, 3.05) is 10.6 Å². The first-order valence-electron chi connectivity index (χ1n) is 7.66. The van der Waals surface area contributed by atoms with Crippen LogP contribution < -0.4 is 10.6 Å². The number of rotatable bonds is 4. The molecule has 0 spiro atoms. The first-order valence-corrected chi connectivity index (χ1v) is 7.66. The van der Waals surface area contributed by atoms with Crippen LogP contribution in [0.4, 0.5) is 15.8 Å². The Balaban J connectivity index is 1.81. The summed E-state index contributed by atoms with van der Waals surface area (Å²) in [5, 5.41) is 14.4. The molecule has 2 aliphatic rings. The van der Waals surface area contributed by atoms with Crippen molar-refractivity contribution in [1.29, 1.82) is 0 Å². The van der Waals surface area contributed by atoms with Crippen molar-refractivity contribution in [3.8, 4) is 0 Å². The van der Waals surface area contributed by atoms with Crippen LogP contribution in [0.2, 0.25) is 0 Å². The van der Waals surface area contributed by atoms with Crippen molar-refractivity contribution in [2.45, 2.75) is 13.3 Å². The number of carbonyl (C=O) groups excluding carboxylic acids is 2. The Morgan fingerprint density at radius 2 is 1.79 bits per heavy atom. The highest BCUT2D eigenvalue weighted by molar-refractivity contribution is 5.97. The first-order chi connectivity index (χ1) is 11.4. The SMILES string of the molecule is CC(=O)Nc1ccc(F)c(NC(=O)C2C3C=CC(C3)C2C(=O)O)c1. The second kappa shape index (κ2) is 6.07. The fourth-order valence-electron chi connectivity index (χ4n) is 3.63. The van der Waals surface area contributed by atoms with E-state index in [1.807, 2.05) is 12.2 Å². The molecule has 4 unspecified atom stereocenters. The van der Waals surface area contributed by atoms with Crippen LogP contribution in [-0.4, -0.2) is 22.9 Å². The number of carbonyl (C=O) groups is 3. The minimum absolute atomic E-state index is 0.0814. The lowest BCUT2D eigenvalue weighted by molar-refractivity contribution is -0.146. The van der Waals surface area contributed by atoms with Crippen LogP contribution in [0.25, 0.3) is 0 Å². The molecule has 2 aliphatic carbocycles. The standard InChI is InChI=1S/C17H17FN2O4/c1-8(21)19-11-4-5-12(18)13(7-11)20-16(22)14-9-2-3-10(6-9)15(14)17(23)24/h2-5,7,9-10,14-15H,6H2,1H3,(H,19,21)(H,20,22)(H,23,24). The summed E-state index contributed by atoms with van der Waals surface area (Å²) >= 11 is 0. The maximum absolute atomic E-state index is 13.9. The summed E-state index contributed by atoms with van der Waals surface area (Å²) in [6.07, 6.45) is 4.33. The molecule has 1 aromatic carbocycles. The van der Waals surface area contributed by atoms with Crippen LogP contribution in [0.1, 0.15) is 13.3 Å². The maximum Gasteiger partial charge on any atom is 0.307 e. The Kier molecular flexibility index (Phi) is 4.09. The molecule has 6 nitrogen and oxygen atoms in total. The summed E-state index contributed by atoms with van der Waals surface area (Å²) in [6, 6.07) is 3.83. The molecule has 2 amide bonds. The summed E-state index contributed by atoms with van der Waals surface area (Å²) in [6.45, 7) is 1.32. The third-order valence-corrected chi connectivity index (χ3v) is 4.59. The van der Waals surface area contributed by atoms with Crippen LogP contribution in [0.15, 0.2) is 30.4 Å². The highest BCUT2D eigenvalue weighted by Gasteiger charge is 2.51. The number of carboxylic acids is 1. The number of hydrogen-bond donors (Lipinski definition) is 3. The second-order valence-electron chi connectivity index (χ2n) is 6.20. The topological polar surface area (TPSA) is 95.5 Å². The zero-order valence-corrected chi connectivity index (χ0v) is 13.0. The van der Waals surface area contributed by atoms with Gasteiger partial charge in [-0.3, -0.25) is 14.4 Å². The van der Waals surface area contributed by atoms with Crippen molar-refractivity contribution < 1.29 is 23.9 Å². The average molecular weight is 332 g/mol. The van der Waals surface area contributed by atoms with Gasteiger partial charge in [0.25, 0.3) is 0 Å². The molecule has 3 N–H and O–H groups in total. The van der Waals surface area contributed by atoms with E-state index in [0.717, 1.165) is 6.07 Å². The molecule has 3 rings (SSSR count). The summed E-state index contributed by atoms with van der Waals surface area (Å²) in [4.78, 5) is 35.1. The average Bonchev–Trinajstić information content (AvgIpc) is 3.10. The predicted molar refractivity (Wildman–Crippen MR) is 84.7 cm³/mol. The van der Waals surface area contributed by atoms with Crippen LogP contribution in [0.5, 0.6) is 0 Å². The number of benzene rings is 1. The Labute approximate surface area is 137 Å². The van der Waals surface area contributed by atoms with Gasteiger partial charge in [0.15, 0.2) is 0 Å². The number of fused-ring (bicyclic) bond motifs is 2. The lowest BCUT2D eigenvalue weighted by Gasteiger charge is -2.24. The monoisotopic (exact) mass is 332 g/mol. The van der Waals surface area contributed by atoms with E-state index in [-0.39, 0.29) is 23.4 Å². The van der Waals surface area contributed by atoms with E-state index >= 15 is 0 Å². The molecule has 24 heavy (non-hydrogen) atoms. The zero-order chi connectivity index (χ0) is 17.4. The third kappa shape index (κ3) is 2.89. The summed E-state index contributed by atoms with van der Waals surface area (Å²) in [5.74, 6) is -4.30.